The summed E-state index contributed by atoms with van der Waals surface area (Å²) in [6, 6.07) is 0. The molecule has 0 amide bonds. The normalized spacial score (nSPS) is 20.2. The predicted octanol–water partition coefficient (Wildman–Crippen LogP) is 1.65. The van der Waals surface area contributed by atoms with Crippen LogP contribution in [-0.4, -0.2) is 19.8 Å². The van der Waals surface area contributed by atoms with Crippen molar-refractivity contribution in [3.05, 3.63) is 10.8 Å². The first kappa shape index (κ1) is 10.2. The van der Waals surface area contributed by atoms with Crippen molar-refractivity contribution in [2.45, 2.75) is 44.6 Å². The molecule has 1 saturated carbocycles. The van der Waals surface area contributed by atoms with E-state index in [0.29, 0.717) is 5.92 Å². The average molecular weight is 237 g/mol. The quantitative estimate of drug-likeness (QED) is 0.881. The molecule has 6 heteroatoms. The number of hydrogen-bond acceptors (Lipinski definition) is 5. The molecule has 1 aliphatic carbocycles. The third kappa shape index (κ3) is 1.44. The van der Waals surface area contributed by atoms with Crippen LogP contribution in [0.3, 0.4) is 0 Å². The Morgan fingerprint density at radius 3 is 2.88 bits per heavy atom. The Balaban J connectivity index is 2.09. The molecule has 0 aliphatic heterocycles. The predicted molar refractivity (Wildman–Crippen MR) is 62.5 cm³/mol. The maximum absolute atomic E-state index is 6.19. The first-order chi connectivity index (χ1) is 7.62. The molecule has 86 valence electrons. The fraction of sp³-hybridized carbons (Fsp3) is 0.700. The van der Waals surface area contributed by atoms with Gasteiger partial charge in [0.15, 0.2) is 5.82 Å². The van der Waals surface area contributed by atoms with E-state index in [0.717, 1.165) is 22.2 Å². The molecule has 0 aromatic carbocycles. The Morgan fingerprint density at radius 2 is 2.25 bits per heavy atom. The maximum atomic E-state index is 6.19. The largest absolute Gasteiger partial charge is 0.320 e. The summed E-state index contributed by atoms with van der Waals surface area (Å²) in [6.07, 6.45) is 3.29. The van der Waals surface area contributed by atoms with Crippen molar-refractivity contribution in [3.8, 4) is 0 Å². The van der Waals surface area contributed by atoms with Gasteiger partial charge in [-0.3, -0.25) is 0 Å². The van der Waals surface area contributed by atoms with E-state index in [4.69, 9.17) is 5.73 Å². The molecule has 2 N–H and O–H groups in total. The summed E-state index contributed by atoms with van der Waals surface area (Å²) in [4.78, 5) is 0.863. The Labute approximate surface area is 97.7 Å². The molecule has 0 saturated heterocycles. The van der Waals surface area contributed by atoms with Crippen LogP contribution in [-0.2, 0) is 5.54 Å². The van der Waals surface area contributed by atoms with E-state index in [1.54, 1.807) is 11.3 Å². The van der Waals surface area contributed by atoms with Crippen LogP contribution in [0.4, 0.5) is 0 Å². The molecule has 1 aliphatic rings. The van der Waals surface area contributed by atoms with Crippen LogP contribution in [0.1, 0.15) is 49.9 Å². The van der Waals surface area contributed by atoms with Crippen molar-refractivity contribution in [2.24, 2.45) is 5.73 Å². The van der Waals surface area contributed by atoms with E-state index in [-0.39, 0.29) is 5.54 Å². The van der Waals surface area contributed by atoms with Crippen molar-refractivity contribution in [1.82, 2.24) is 19.8 Å². The van der Waals surface area contributed by atoms with Gasteiger partial charge in [-0.15, -0.1) is 10.2 Å². The summed E-state index contributed by atoms with van der Waals surface area (Å²) in [7, 11) is 0. The zero-order valence-electron chi connectivity index (χ0n) is 9.47. The van der Waals surface area contributed by atoms with Crippen molar-refractivity contribution in [2.75, 3.05) is 0 Å². The minimum atomic E-state index is -0.355. The maximum Gasteiger partial charge on any atom is 0.234 e. The van der Waals surface area contributed by atoms with Crippen LogP contribution in [0.5, 0.6) is 0 Å². The highest BCUT2D eigenvalue weighted by Gasteiger charge is 2.31. The molecule has 2 aromatic rings. The lowest BCUT2D eigenvalue weighted by atomic mass is 10.0. The molecule has 16 heavy (non-hydrogen) atoms. The van der Waals surface area contributed by atoms with Crippen LogP contribution in [0.2, 0.25) is 0 Å². The number of nitrogens with zero attached hydrogens (tertiary/aromatic N) is 4. The molecule has 2 heterocycles. The van der Waals surface area contributed by atoms with Gasteiger partial charge in [0, 0.05) is 5.92 Å². The van der Waals surface area contributed by atoms with E-state index in [9.17, 15) is 0 Å². The van der Waals surface area contributed by atoms with Crippen LogP contribution < -0.4 is 5.73 Å². The van der Waals surface area contributed by atoms with Crippen LogP contribution in [0.25, 0.3) is 4.96 Å². The van der Waals surface area contributed by atoms with Crippen molar-refractivity contribution in [1.29, 1.82) is 0 Å². The van der Waals surface area contributed by atoms with Gasteiger partial charge in [0.2, 0.25) is 4.96 Å². The molecule has 0 spiro atoms. The standard InChI is InChI=1S/C10H15N5S/c1-3-10(2,11)8-14-15-7(6-4-5-6)12-13-9(15)16-8/h6H,3-5,11H2,1-2H3. The van der Waals surface area contributed by atoms with Gasteiger partial charge in [0.05, 0.1) is 5.54 Å². The van der Waals surface area contributed by atoms with Gasteiger partial charge in [-0.1, -0.05) is 18.3 Å². The minimum Gasteiger partial charge on any atom is -0.320 e. The van der Waals surface area contributed by atoms with Crippen molar-refractivity contribution < 1.29 is 0 Å². The molecular formula is C10H15N5S. The number of fused-ring (bicyclic) bond motifs is 1. The fourth-order valence-electron chi connectivity index (χ4n) is 1.61. The fourth-order valence-corrected chi connectivity index (χ4v) is 2.59. The van der Waals surface area contributed by atoms with Crippen LogP contribution in [0, 0.1) is 0 Å². The SMILES string of the molecule is CCC(C)(N)c1nn2c(C3CC3)nnc2s1. The Bertz CT molecular complexity index is 522. The third-order valence-corrected chi connectivity index (χ3v) is 4.36. The first-order valence-electron chi connectivity index (χ1n) is 5.63. The molecule has 0 bridgehead atoms. The number of nitrogens with two attached hydrogens (primary N) is 1. The third-order valence-electron chi connectivity index (χ3n) is 3.18. The second-order valence-corrected chi connectivity index (χ2v) is 5.66. The number of aromatic nitrogens is 4. The zero-order valence-corrected chi connectivity index (χ0v) is 10.3. The molecule has 1 atom stereocenters. The molecular weight excluding hydrogens is 222 g/mol. The van der Waals surface area contributed by atoms with Gasteiger partial charge in [-0.05, 0) is 26.2 Å². The number of rotatable bonds is 3. The lowest BCUT2D eigenvalue weighted by molar-refractivity contribution is 0.466. The molecule has 1 unspecified atom stereocenters. The van der Waals surface area contributed by atoms with Crippen molar-refractivity contribution >= 4 is 16.3 Å². The van der Waals surface area contributed by atoms with Gasteiger partial charge < -0.3 is 5.73 Å². The highest BCUT2D eigenvalue weighted by molar-refractivity contribution is 7.16. The monoisotopic (exact) mass is 237 g/mol. The van der Waals surface area contributed by atoms with E-state index in [1.807, 2.05) is 11.4 Å². The van der Waals surface area contributed by atoms with E-state index < -0.39 is 0 Å². The molecule has 5 nitrogen and oxygen atoms in total. The van der Waals surface area contributed by atoms with Crippen molar-refractivity contribution in [3.63, 3.8) is 0 Å². The average Bonchev–Trinajstić information content (AvgIpc) is 2.88. The summed E-state index contributed by atoms with van der Waals surface area (Å²) in [6.45, 7) is 4.08. The van der Waals surface area contributed by atoms with Gasteiger partial charge in [0.1, 0.15) is 5.01 Å². The molecule has 1 fully saturated rings. The second kappa shape index (κ2) is 3.24. The van der Waals surface area contributed by atoms with E-state index in [2.05, 4.69) is 22.2 Å². The first-order valence-corrected chi connectivity index (χ1v) is 6.45. The van der Waals surface area contributed by atoms with Crippen LogP contribution >= 0.6 is 11.3 Å². The topological polar surface area (TPSA) is 69.1 Å². The Hall–Kier alpha value is -1.01. The summed E-state index contributed by atoms with van der Waals surface area (Å²) in [5.41, 5.74) is 5.83. The zero-order chi connectivity index (χ0) is 11.3. The Kier molecular flexibility index (Phi) is 2.06. The van der Waals surface area contributed by atoms with E-state index in [1.165, 1.54) is 12.8 Å². The Morgan fingerprint density at radius 1 is 1.50 bits per heavy atom. The van der Waals surface area contributed by atoms with E-state index >= 15 is 0 Å². The molecule has 3 rings (SSSR count). The lowest BCUT2D eigenvalue weighted by Crippen LogP contribution is -2.32. The summed E-state index contributed by atoms with van der Waals surface area (Å²) in [5.74, 6) is 1.57. The smallest absolute Gasteiger partial charge is 0.234 e. The van der Waals surface area contributed by atoms with Gasteiger partial charge in [-0.2, -0.15) is 9.61 Å². The highest BCUT2D eigenvalue weighted by atomic mass is 32.1. The number of hydrogen-bond donors (Lipinski definition) is 1. The highest BCUT2D eigenvalue weighted by Crippen LogP contribution is 2.39. The second-order valence-electron chi connectivity index (χ2n) is 4.71. The summed E-state index contributed by atoms with van der Waals surface area (Å²) < 4.78 is 1.87. The van der Waals surface area contributed by atoms with Gasteiger partial charge in [0.25, 0.3) is 0 Å². The molecule has 0 radical (unpaired) electrons. The van der Waals surface area contributed by atoms with Gasteiger partial charge in [-0.25, -0.2) is 0 Å². The minimum absolute atomic E-state index is 0.355. The molecule has 2 aromatic heterocycles. The van der Waals surface area contributed by atoms with Gasteiger partial charge >= 0.3 is 0 Å². The lowest BCUT2D eigenvalue weighted by Gasteiger charge is -2.18. The van der Waals surface area contributed by atoms with Crippen LogP contribution in [0.15, 0.2) is 0 Å². The summed E-state index contributed by atoms with van der Waals surface area (Å²) in [5, 5.41) is 13.9. The summed E-state index contributed by atoms with van der Waals surface area (Å²) >= 11 is 1.55.